The summed E-state index contributed by atoms with van der Waals surface area (Å²) in [4.78, 5) is 15.1. The van der Waals surface area contributed by atoms with Crippen molar-refractivity contribution in [1.82, 2.24) is 10.2 Å². The number of benzene rings is 1. The summed E-state index contributed by atoms with van der Waals surface area (Å²) in [6.45, 7) is 4.16. The van der Waals surface area contributed by atoms with E-state index in [0.717, 1.165) is 44.9 Å². The summed E-state index contributed by atoms with van der Waals surface area (Å²) < 4.78 is 0. The SMILES string of the molecule is O=C(N1CCC2CNCC2C1)C1(c2ccccc2)CC1. The van der Waals surface area contributed by atoms with Gasteiger partial charge in [0.25, 0.3) is 0 Å². The van der Waals surface area contributed by atoms with E-state index in [9.17, 15) is 4.79 Å². The minimum Gasteiger partial charge on any atom is -0.342 e. The van der Waals surface area contributed by atoms with Crippen LogP contribution < -0.4 is 5.32 Å². The van der Waals surface area contributed by atoms with Crippen molar-refractivity contribution in [1.29, 1.82) is 0 Å². The minimum absolute atomic E-state index is 0.180. The smallest absolute Gasteiger partial charge is 0.233 e. The van der Waals surface area contributed by atoms with Crippen LogP contribution in [0.2, 0.25) is 0 Å². The zero-order chi connectivity index (χ0) is 13.6. The van der Waals surface area contributed by atoms with E-state index < -0.39 is 0 Å². The summed E-state index contributed by atoms with van der Waals surface area (Å²) in [5.74, 6) is 1.86. The molecular weight excluding hydrogens is 248 g/mol. The summed E-state index contributed by atoms with van der Waals surface area (Å²) in [7, 11) is 0. The van der Waals surface area contributed by atoms with E-state index in [-0.39, 0.29) is 5.41 Å². The van der Waals surface area contributed by atoms with Crippen LogP contribution in [0, 0.1) is 11.8 Å². The Kier molecular flexibility index (Phi) is 2.84. The Hall–Kier alpha value is -1.35. The molecule has 1 aromatic carbocycles. The highest BCUT2D eigenvalue weighted by atomic mass is 16.2. The number of carbonyl (C=O) groups is 1. The molecule has 106 valence electrons. The Morgan fingerprint density at radius 2 is 1.90 bits per heavy atom. The van der Waals surface area contributed by atoms with Crippen molar-refractivity contribution < 1.29 is 4.79 Å². The molecule has 3 heteroatoms. The van der Waals surface area contributed by atoms with Gasteiger partial charge in [-0.2, -0.15) is 0 Å². The first-order valence-corrected chi connectivity index (χ1v) is 7.85. The third kappa shape index (κ3) is 1.87. The molecule has 0 bridgehead atoms. The van der Waals surface area contributed by atoms with E-state index >= 15 is 0 Å². The Labute approximate surface area is 120 Å². The first-order chi connectivity index (χ1) is 9.79. The molecule has 2 saturated heterocycles. The second-order valence-corrected chi connectivity index (χ2v) is 6.67. The fourth-order valence-corrected chi connectivity index (χ4v) is 4.03. The van der Waals surface area contributed by atoms with Crippen LogP contribution in [-0.4, -0.2) is 37.0 Å². The lowest BCUT2D eigenvalue weighted by molar-refractivity contribution is -0.136. The number of likely N-dealkylation sites (tertiary alicyclic amines) is 1. The van der Waals surface area contributed by atoms with Crippen molar-refractivity contribution in [3.8, 4) is 0 Å². The molecule has 3 fully saturated rings. The van der Waals surface area contributed by atoms with Gasteiger partial charge >= 0.3 is 0 Å². The molecule has 4 rings (SSSR count). The average Bonchev–Trinajstić information content (AvgIpc) is 3.18. The maximum Gasteiger partial charge on any atom is 0.233 e. The summed E-state index contributed by atoms with van der Waals surface area (Å²) in [6, 6.07) is 10.4. The van der Waals surface area contributed by atoms with Crippen molar-refractivity contribution >= 4 is 5.91 Å². The van der Waals surface area contributed by atoms with Crippen molar-refractivity contribution in [2.24, 2.45) is 11.8 Å². The summed E-state index contributed by atoms with van der Waals surface area (Å²) in [6.07, 6.45) is 3.23. The van der Waals surface area contributed by atoms with E-state index in [1.54, 1.807) is 0 Å². The lowest BCUT2D eigenvalue weighted by atomic mass is 9.86. The third-order valence-corrected chi connectivity index (χ3v) is 5.48. The van der Waals surface area contributed by atoms with Gasteiger partial charge in [-0.1, -0.05) is 30.3 Å². The monoisotopic (exact) mass is 270 g/mol. The van der Waals surface area contributed by atoms with E-state index in [4.69, 9.17) is 0 Å². The van der Waals surface area contributed by atoms with Crippen LogP contribution in [0.3, 0.4) is 0 Å². The quantitative estimate of drug-likeness (QED) is 0.888. The first kappa shape index (κ1) is 12.4. The van der Waals surface area contributed by atoms with Gasteiger partial charge in [-0.25, -0.2) is 0 Å². The van der Waals surface area contributed by atoms with Crippen LogP contribution in [0.25, 0.3) is 0 Å². The van der Waals surface area contributed by atoms with Crippen molar-refractivity contribution in [3.63, 3.8) is 0 Å². The maximum absolute atomic E-state index is 13.0. The number of rotatable bonds is 2. The fourth-order valence-electron chi connectivity index (χ4n) is 4.03. The lowest BCUT2D eigenvalue weighted by Gasteiger charge is -2.36. The molecule has 3 nitrogen and oxygen atoms in total. The number of carbonyl (C=O) groups excluding carboxylic acids is 1. The minimum atomic E-state index is -0.180. The number of nitrogens with zero attached hydrogens (tertiary/aromatic N) is 1. The Bertz CT molecular complexity index is 509. The average molecular weight is 270 g/mol. The largest absolute Gasteiger partial charge is 0.342 e. The topological polar surface area (TPSA) is 32.3 Å². The van der Waals surface area contributed by atoms with Crippen LogP contribution in [-0.2, 0) is 10.2 Å². The van der Waals surface area contributed by atoms with Gasteiger partial charge < -0.3 is 10.2 Å². The molecule has 3 aliphatic rings. The number of hydrogen-bond acceptors (Lipinski definition) is 2. The molecule has 2 atom stereocenters. The second-order valence-electron chi connectivity index (χ2n) is 6.67. The Morgan fingerprint density at radius 3 is 2.65 bits per heavy atom. The van der Waals surface area contributed by atoms with E-state index in [1.165, 1.54) is 12.0 Å². The second kappa shape index (κ2) is 4.59. The predicted octanol–water partition coefficient (Wildman–Crippen LogP) is 1.79. The van der Waals surface area contributed by atoms with Crippen LogP contribution in [0.15, 0.2) is 30.3 Å². The zero-order valence-corrected chi connectivity index (χ0v) is 11.8. The van der Waals surface area contributed by atoms with Gasteiger partial charge in [-0.15, -0.1) is 0 Å². The van der Waals surface area contributed by atoms with E-state index in [1.807, 2.05) is 6.07 Å². The third-order valence-electron chi connectivity index (χ3n) is 5.48. The van der Waals surface area contributed by atoms with Gasteiger partial charge in [0, 0.05) is 13.1 Å². The highest BCUT2D eigenvalue weighted by Crippen LogP contribution is 2.50. The molecule has 2 heterocycles. The molecule has 1 aromatic rings. The Balaban J connectivity index is 1.53. The molecule has 0 spiro atoms. The normalized spacial score (nSPS) is 30.9. The summed E-state index contributed by atoms with van der Waals surface area (Å²) >= 11 is 0. The van der Waals surface area contributed by atoms with Gasteiger partial charge in [-0.3, -0.25) is 4.79 Å². The summed E-state index contributed by atoms with van der Waals surface area (Å²) in [5.41, 5.74) is 1.04. The van der Waals surface area contributed by atoms with Gasteiger partial charge in [0.05, 0.1) is 5.41 Å². The lowest BCUT2D eigenvalue weighted by Crippen LogP contribution is -2.47. The van der Waals surface area contributed by atoms with E-state index in [0.29, 0.717) is 11.8 Å². The van der Waals surface area contributed by atoms with Gasteiger partial charge in [0.15, 0.2) is 0 Å². The highest BCUT2D eigenvalue weighted by molar-refractivity contribution is 5.91. The Morgan fingerprint density at radius 1 is 1.15 bits per heavy atom. The fraction of sp³-hybridized carbons (Fsp3) is 0.588. The maximum atomic E-state index is 13.0. The van der Waals surface area contributed by atoms with Gasteiger partial charge in [0.1, 0.15) is 0 Å². The van der Waals surface area contributed by atoms with Crippen LogP contribution >= 0.6 is 0 Å². The number of fused-ring (bicyclic) bond motifs is 1. The zero-order valence-electron chi connectivity index (χ0n) is 11.8. The standard InChI is InChI=1S/C17H22N2O/c20-16(17(7-8-17)15-4-2-1-3-5-15)19-9-6-13-10-18-11-14(13)12-19/h1-5,13-14,18H,6-12H2. The molecule has 0 aromatic heterocycles. The molecular formula is C17H22N2O. The number of nitrogens with one attached hydrogen (secondary N) is 1. The first-order valence-electron chi connectivity index (χ1n) is 7.85. The molecule has 1 amide bonds. The molecule has 1 saturated carbocycles. The van der Waals surface area contributed by atoms with Crippen LogP contribution in [0.4, 0.5) is 0 Å². The number of amides is 1. The predicted molar refractivity (Wildman–Crippen MR) is 78.4 cm³/mol. The molecule has 1 N–H and O–H groups in total. The van der Waals surface area contributed by atoms with Gasteiger partial charge in [-0.05, 0) is 49.8 Å². The van der Waals surface area contributed by atoms with Gasteiger partial charge in [0.2, 0.25) is 5.91 Å². The number of hydrogen-bond donors (Lipinski definition) is 1. The van der Waals surface area contributed by atoms with E-state index in [2.05, 4.69) is 34.5 Å². The van der Waals surface area contributed by atoms with Crippen molar-refractivity contribution in [2.45, 2.75) is 24.7 Å². The molecule has 2 unspecified atom stereocenters. The summed E-state index contributed by atoms with van der Waals surface area (Å²) in [5, 5.41) is 3.47. The van der Waals surface area contributed by atoms with Crippen molar-refractivity contribution in [3.05, 3.63) is 35.9 Å². The number of piperidine rings is 1. The van der Waals surface area contributed by atoms with Crippen molar-refractivity contribution in [2.75, 3.05) is 26.2 Å². The molecule has 0 radical (unpaired) electrons. The van der Waals surface area contributed by atoms with Crippen LogP contribution in [0.5, 0.6) is 0 Å². The highest BCUT2D eigenvalue weighted by Gasteiger charge is 2.53. The van der Waals surface area contributed by atoms with Crippen LogP contribution in [0.1, 0.15) is 24.8 Å². The molecule has 2 aliphatic heterocycles. The molecule has 1 aliphatic carbocycles. The molecule has 20 heavy (non-hydrogen) atoms.